The Balaban J connectivity index is 0.000000910. The van der Waals surface area contributed by atoms with Crippen LogP contribution in [-0.4, -0.2) is 43.8 Å². The maximum absolute atomic E-state index is 10.9. The Morgan fingerprint density at radius 3 is 2.21 bits per heavy atom. The van der Waals surface area contributed by atoms with Crippen LogP contribution in [0.5, 0.6) is 0 Å². The molecule has 0 saturated carbocycles. The number of halogens is 2. The molecule has 5 N–H and O–H groups in total. The van der Waals surface area contributed by atoms with Gasteiger partial charge in [-0.3, -0.25) is 0 Å². The van der Waals surface area contributed by atoms with Gasteiger partial charge in [0.2, 0.25) is 0 Å². The number of benzene rings is 2. The van der Waals surface area contributed by atoms with Gasteiger partial charge in [0.15, 0.2) is 0 Å². The number of hydrogen-bond acceptors (Lipinski definition) is 4. The highest BCUT2D eigenvalue weighted by molar-refractivity contribution is 6.44. The molecule has 0 spiro atoms. The number of carbonyl (C=O) groups excluding carboxylic acids is 1. The van der Waals surface area contributed by atoms with Gasteiger partial charge in [-0.2, -0.15) is 0 Å². The van der Waals surface area contributed by atoms with Gasteiger partial charge in [-0.25, -0.2) is 0 Å². The number of carboxylic acids is 1. The molecule has 0 fully saturated rings. The topological polar surface area (TPSA) is 108 Å². The van der Waals surface area contributed by atoms with E-state index in [1.54, 1.807) is 0 Å². The summed E-state index contributed by atoms with van der Waals surface area (Å²) in [6.45, 7) is 4.91. The van der Waals surface area contributed by atoms with Crippen molar-refractivity contribution in [3.8, 4) is 0 Å². The molecule has 0 saturated heterocycles. The Morgan fingerprint density at radius 2 is 1.71 bits per heavy atom. The normalized spacial score (nSPS) is 10.0. The fourth-order valence-corrected chi connectivity index (χ4v) is 2.68. The zero-order valence-electron chi connectivity index (χ0n) is 16.5. The van der Waals surface area contributed by atoms with E-state index in [9.17, 15) is 9.90 Å². The maximum atomic E-state index is 10.9. The van der Waals surface area contributed by atoms with Gasteiger partial charge < -0.3 is 30.7 Å². The second kappa shape index (κ2) is 12.6. The maximum Gasteiger partial charge on any atom is 0.100 e. The number of anilines is 2. The van der Waals surface area contributed by atoms with Crippen molar-refractivity contribution in [3.63, 3.8) is 0 Å². The third-order valence-electron chi connectivity index (χ3n) is 3.75. The number of carboxylic acid groups (broad SMARTS) is 1. The van der Waals surface area contributed by atoms with Gasteiger partial charge in [-0.1, -0.05) is 47.0 Å². The summed E-state index contributed by atoms with van der Waals surface area (Å²) in [5.74, 6) is -1.13. The van der Waals surface area contributed by atoms with E-state index in [0.29, 0.717) is 33.6 Å². The Morgan fingerprint density at radius 1 is 1.11 bits per heavy atom. The highest BCUT2D eigenvalue weighted by Crippen LogP contribution is 2.35. The molecule has 0 radical (unpaired) electrons. The van der Waals surface area contributed by atoms with Gasteiger partial charge >= 0.3 is 0 Å². The number of carbonyl (C=O) groups is 1. The Hall–Kier alpha value is -1.83. The minimum Gasteiger partial charge on any atom is -0.550 e. The molecule has 0 heterocycles. The lowest BCUT2D eigenvalue weighted by molar-refractivity contribution is -0.858. The summed E-state index contributed by atoms with van der Waals surface area (Å²) in [6.07, 6.45) is -0.165. The van der Waals surface area contributed by atoms with Crippen LogP contribution in [0.1, 0.15) is 16.7 Å². The predicted octanol–water partition coefficient (Wildman–Crippen LogP) is 0.945. The lowest BCUT2D eigenvalue weighted by atomic mass is 10.1. The van der Waals surface area contributed by atoms with Crippen molar-refractivity contribution in [1.29, 1.82) is 0 Å². The molecule has 0 unspecified atom stereocenters. The quantitative estimate of drug-likeness (QED) is 0.633. The zero-order chi connectivity index (χ0) is 20.6. The number of aliphatic hydroxyl groups excluding tert-OH is 1. The first-order chi connectivity index (χ1) is 12.6. The van der Waals surface area contributed by atoms with Gasteiger partial charge in [0, 0.05) is 18.1 Å². The van der Waals surface area contributed by atoms with Crippen LogP contribution >= 0.6 is 23.2 Å². The Bertz CT molecular complexity index is 783. The first-order valence-electron chi connectivity index (χ1n) is 8.56. The van der Waals surface area contributed by atoms with Crippen molar-refractivity contribution in [1.82, 2.24) is 0 Å². The predicted molar refractivity (Wildman–Crippen MR) is 113 cm³/mol. The third kappa shape index (κ3) is 8.46. The first kappa shape index (κ1) is 26.2. The molecule has 0 bridgehead atoms. The number of rotatable bonds is 6. The number of aliphatic hydroxyl groups is 1. The van der Waals surface area contributed by atoms with E-state index < -0.39 is 5.97 Å². The molecule has 8 heteroatoms. The molecule has 6 nitrogen and oxygen atoms in total. The highest BCUT2D eigenvalue weighted by Gasteiger charge is 2.10. The Kier molecular flexibility index (Phi) is 11.8. The molecular formula is C20H28Cl2N2O4. The second-order valence-corrected chi connectivity index (χ2v) is 7.33. The van der Waals surface area contributed by atoms with E-state index in [0.717, 1.165) is 17.7 Å². The van der Waals surface area contributed by atoms with Crippen LogP contribution in [0, 0.1) is 13.8 Å². The van der Waals surface area contributed by atoms with Gasteiger partial charge in [-0.15, -0.1) is 0 Å². The molecule has 28 heavy (non-hydrogen) atoms. The summed E-state index contributed by atoms with van der Waals surface area (Å²) in [5.41, 5.74) is 3.81. The molecule has 2 aromatic carbocycles. The average molecular weight is 431 g/mol. The average Bonchev–Trinajstić information content (AvgIpc) is 2.57. The number of aryl methyl sites for hydroxylation is 2. The smallest absolute Gasteiger partial charge is 0.100 e. The fraction of sp³-hybridized carbons (Fsp3) is 0.350. The summed E-state index contributed by atoms with van der Waals surface area (Å²) in [7, 11) is 4.02. The lowest BCUT2D eigenvalue weighted by Crippen LogP contribution is -3.06. The van der Waals surface area contributed by atoms with E-state index in [4.69, 9.17) is 28.3 Å². The number of nitrogens with one attached hydrogen (secondary N) is 2. The van der Waals surface area contributed by atoms with Crippen LogP contribution in [0.4, 0.5) is 11.4 Å². The number of hydrogen-bond donors (Lipinski definition) is 3. The lowest BCUT2D eigenvalue weighted by Gasteiger charge is -2.15. The first-order valence-corrected chi connectivity index (χ1v) is 9.32. The van der Waals surface area contributed by atoms with Gasteiger partial charge in [0.25, 0.3) is 0 Å². The summed E-state index contributed by atoms with van der Waals surface area (Å²) in [6, 6.07) is 9.18. The van der Waals surface area contributed by atoms with Crippen molar-refractivity contribution in [2.75, 3.05) is 32.6 Å². The SMILES string of the molecule is C[NH+](C)CCO.Cc1ccc(Nc2ccc(C)c(Cl)c2Cl)c(CC(=O)[O-])c1.O. The van der Waals surface area contributed by atoms with Crippen LogP contribution < -0.4 is 15.3 Å². The van der Waals surface area contributed by atoms with E-state index in [1.165, 1.54) is 4.90 Å². The number of quaternary nitrogens is 1. The number of aliphatic carboxylic acids is 1. The van der Waals surface area contributed by atoms with Crippen LogP contribution in [0.25, 0.3) is 0 Å². The van der Waals surface area contributed by atoms with Crippen molar-refractivity contribution < 1.29 is 25.4 Å². The van der Waals surface area contributed by atoms with Crippen molar-refractivity contribution >= 4 is 40.5 Å². The summed E-state index contributed by atoms with van der Waals surface area (Å²) < 4.78 is 0. The summed E-state index contributed by atoms with van der Waals surface area (Å²) >= 11 is 12.3. The van der Waals surface area contributed by atoms with Crippen LogP contribution in [0.3, 0.4) is 0 Å². The second-order valence-electron chi connectivity index (χ2n) is 6.57. The molecule has 0 amide bonds. The fourth-order valence-electron chi connectivity index (χ4n) is 2.26. The molecule has 0 aliphatic carbocycles. The number of likely N-dealkylation sites (N-methyl/N-ethyl adjacent to an activating group) is 1. The van der Waals surface area contributed by atoms with Crippen molar-refractivity contribution in [2.24, 2.45) is 0 Å². The van der Waals surface area contributed by atoms with E-state index in [1.807, 2.05) is 58.3 Å². The largest absolute Gasteiger partial charge is 0.550 e. The van der Waals surface area contributed by atoms with E-state index in [2.05, 4.69) is 5.32 Å². The van der Waals surface area contributed by atoms with E-state index >= 15 is 0 Å². The van der Waals surface area contributed by atoms with Crippen LogP contribution in [0.15, 0.2) is 30.3 Å². The highest BCUT2D eigenvalue weighted by atomic mass is 35.5. The monoisotopic (exact) mass is 430 g/mol. The van der Waals surface area contributed by atoms with Crippen molar-refractivity contribution in [2.45, 2.75) is 20.3 Å². The minimum atomic E-state index is -1.13. The summed E-state index contributed by atoms with van der Waals surface area (Å²) in [4.78, 5) is 12.2. The third-order valence-corrected chi connectivity index (χ3v) is 4.73. The van der Waals surface area contributed by atoms with Gasteiger partial charge in [0.1, 0.15) is 6.54 Å². The zero-order valence-corrected chi connectivity index (χ0v) is 18.0. The van der Waals surface area contributed by atoms with Crippen LogP contribution in [-0.2, 0) is 11.2 Å². The molecule has 0 atom stereocenters. The summed E-state index contributed by atoms with van der Waals surface area (Å²) in [5, 5.41) is 23.1. The molecular weight excluding hydrogens is 403 g/mol. The van der Waals surface area contributed by atoms with E-state index in [-0.39, 0.29) is 11.9 Å². The molecule has 0 aromatic heterocycles. The minimum absolute atomic E-state index is 0. The molecule has 2 aromatic rings. The van der Waals surface area contributed by atoms with Crippen LogP contribution in [0.2, 0.25) is 10.0 Å². The van der Waals surface area contributed by atoms with Gasteiger partial charge in [-0.05, 0) is 37.1 Å². The molecule has 0 aliphatic rings. The van der Waals surface area contributed by atoms with Gasteiger partial charge in [0.05, 0.1) is 36.4 Å². The Labute approximate surface area is 176 Å². The molecule has 156 valence electrons. The standard InChI is InChI=1S/C16H15Cl2NO2.C4H11NO.H2O/c1-9-3-5-12(11(7-9)8-14(20)21)19-13-6-4-10(2)15(17)16(13)18;1-5(2)3-4-6;/h3-7,19H,8H2,1-2H3,(H,20,21);6H,3-4H2,1-2H3;1H2. The molecule has 2 rings (SSSR count). The molecule has 0 aliphatic heterocycles. The van der Waals surface area contributed by atoms with Crippen molar-refractivity contribution in [3.05, 3.63) is 57.1 Å².